The van der Waals surface area contributed by atoms with E-state index < -0.39 is 42.4 Å². The van der Waals surface area contributed by atoms with Crippen LogP contribution < -0.4 is 5.32 Å². The lowest BCUT2D eigenvalue weighted by molar-refractivity contribution is -0.166. The molecule has 0 aromatic carbocycles. The lowest BCUT2D eigenvalue weighted by Crippen LogP contribution is -2.40. The zero-order chi connectivity index (χ0) is 23.7. The predicted octanol–water partition coefficient (Wildman–Crippen LogP) is 0.596. The van der Waals surface area contributed by atoms with Crippen LogP contribution in [0.1, 0.15) is 45.7 Å². The average molecular weight is 458 g/mol. The molecule has 13 heteroatoms. The van der Waals surface area contributed by atoms with Crippen LogP contribution in [-0.4, -0.2) is 68.4 Å². The molecule has 2 aromatic rings. The molecule has 4 rings (SSSR count). The fourth-order valence-electron chi connectivity index (χ4n) is 3.59. The highest BCUT2D eigenvalue weighted by Crippen LogP contribution is 2.37. The van der Waals surface area contributed by atoms with Gasteiger partial charge in [0, 0.05) is 26.8 Å². The Hall–Kier alpha value is -3.79. The predicted molar refractivity (Wildman–Crippen MR) is 108 cm³/mol. The number of carbonyl (C=O) groups excluding carboxylic acids is 3. The molecule has 1 saturated carbocycles. The molecule has 0 radical (unpaired) electrons. The summed E-state index contributed by atoms with van der Waals surface area (Å²) in [5, 5.41) is 12.6. The fourth-order valence-corrected chi connectivity index (χ4v) is 3.59. The first-order valence-electron chi connectivity index (χ1n) is 10.3. The number of aromatic nitrogens is 4. The van der Waals surface area contributed by atoms with Crippen LogP contribution in [0.5, 0.6) is 0 Å². The Kier molecular flexibility index (Phi) is 6.10. The molecule has 1 saturated heterocycles. The van der Waals surface area contributed by atoms with Crippen molar-refractivity contribution >= 4 is 34.9 Å². The zero-order valence-corrected chi connectivity index (χ0v) is 18.2. The number of nitrogens with zero attached hydrogens (tertiary/aromatic N) is 5. The van der Waals surface area contributed by atoms with Gasteiger partial charge in [0.2, 0.25) is 5.82 Å². The molecular formula is C20H22N6O7. The van der Waals surface area contributed by atoms with Gasteiger partial charge in [-0.1, -0.05) is 0 Å². The van der Waals surface area contributed by atoms with Gasteiger partial charge in [0.05, 0.1) is 6.33 Å². The molecule has 0 bridgehead atoms. The van der Waals surface area contributed by atoms with E-state index in [2.05, 4.69) is 20.3 Å². The molecule has 2 fully saturated rings. The van der Waals surface area contributed by atoms with Crippen molar-refractivity contribution in [2.75, 3.05) is 11.9 Å². The highest BCUT2D eigenvalue weighted by Gasteiger charge is 2.51. The molecule has 1 aliphatic carbocycles. The van der Waals surface area contributed by atoms with Crippen LogP contribution >= 0.6 is 0 Å². The Bertz CT molecular complexity index is 1140. The second-order valence-corrected chi connectivity index (χ2v) is 7.77. The second-order valence-electron chi connectivity index (χ2n) is 7.77. The Morgan fingerprint density at radius 2 is 1.85 bits per heavy atom. The summed E-state index contributed by atoms with van der Waals surface area (Å²) in [6.45, 7) is 3.41. The molecule has 33 heavy (non-hydrogen) atoms. The van der Waals surface area contributed by atoms with Crippen molar-refractivity contribution in [1.29, 1.82) is 5.26 Å². The van der Waals surface area contributed by atoms with Crippen molar-refractivity contribution < 1.29 is 33.3 Å². The minimum atomic E-state index is -1.09. The van der Waals surface area contributed by atoms with Crippen molar-refractivity contribution in [1.82, 2.24) is 19.5 Å². The number of hydrogen-bond acceptors (Lipinski definition) is 12. The van der Waals surface area contributed by atoms with E-state index in [-0.39, 0.29) is 24.1 Å². The van der Waals surface area contributed by atoms with E-state index in [9.17, 15) is 19.6 Å². The van der Waals surface area contributed by atoms with Gasteiger partial charge in [-0.15, -0.1) is 0 Å². The molecule has 1 aliphatic heterocycles. The quantitative estimate of drug-likeness (QED) is 0.454. The van der Waals surface area contributed by atoms with Gasteiger partial charge in [0.1, 0.15) is 18.8 Å². The maximum atomic E-state index is 11.9. The molecule has 174 valence electrons. The first kappa shape index (κ1) is 22.4. The van der Waals surface area contributed by atoms with Crippen LogP contribution in [0.25, 0.3) is 11.2 Å². The van der Waals surface area contributed by atoms with Crippen LogP contribution in [0.15, 0.2) is 6.33 Å². The van der Waals surface area contributed by atoms with E-state index >= 15 is 0 Å². The third-order valence-electron chi connectivity index (χ3n) is 5.05. The van der Waals surface area contributed by atoms with Crippen LogP contribution in [0, 0.1) is 11.3 Å². The second kappa shape index (κ2) is 8.99. The summed E-state index contributed by atoms with van der Waals surface area (Å²) < 4.78 is 23.4. The van der Waals surface area contributed by atoms with Crippen molar-refractivity contribution in [2.45, 2.75) is 64.2 Å². The SMILES string of the molecule is CC(=O)OC[C@H]1O[C@@H](n2cnc3c(NC4CC4)nc(C#N)nc32)[C@H](OC(C)=O)[C@@H]1OC(C)=O. The molecule has 3 heterocycles. The molecule has 4 atom stereocenters. The number of rotatable bonds is 7. The number of carbonyl (C=O) groups is 3. The summed E-state index contributed by atoms with van der Waals surface area (Å²) in [6.07, 6.45) is -0.727. The Morgan fingerprint density at radius 3 is 2.45 bits per heavy atom. The first-order valence-corrected chi connectivity index (χ1v) is 10.3. The van der Waals surface area contributed by atoms with E-state index in [4.69, 9.17) is 18.9 Å². The number of imidazole rings is 1. The van der Waals surface area contributed by atoms with Gasteiger partial charge in [0.15, 0.2) is 35.4 Å². The molecular weight excluding hydrogens is 436 g/mol. The van der Waals surface area contributed by atoms with Crippen molar-refractivity contribution in [3.8, 4) is 6.07 Å². The maximum absolute atomic E-state index is 11.9. The maximum Gasteiger partial charge on any atom is 0.303 e. The third-order valence-corrected chi connectivity index (χ3v) is 5.05. The number of hydrogen-bond donors (Lipinski definition) is 1. The number of fused-ring (bicyclic) bond motifs is 1. The van der Waals surface area contributed by atoms with Crippen LogP contribution in [-0.2, 0) is 33.3 Å². The minimum absolute atomic E-state index is 0.0811. The molecule has 13 nitrogen and oxygen atoms in total. The van der Waals surface area contributed by atoms with Gasteiger partial charge in [-0.2, -0.15) is 15.2 Å². The molecule has 0 spiro atoms. The van der Waals surface area contributed by atoms with Crippen molar-refractivity contribution in [2.24, 2.45) is 0 Å². The number of nitrogens with one attached hydrogen (secondary N) is 1. The summed E-state index contributed by atoms with van der Waals surface area (Å²) in [6, 6.07) is 2.17. The number of esters is 3. The summed E-state index contributed by atoms with van der Waals surface area (Å²) in [4.78, 5) is 47.8. The number of nitriles is 1. The lowest BCUT2D eigenvalue weighted by Gasteiger charge is -2.23. The number of anilines is 1. The van der Waals surface area contributed by atoms with E-state index in [1.165, 1.54) is 31.7 Å². The normalized spacial score (nSPS) is 24.2. The van der Waals surface area contributed by atoms with Crippen molar-refractivity contribution in [3.05, 3.63) is 12.2 Å². The van der Waals surface area contributed by atoms with Crippen LogP contribution in [0.3, 0.4) is 0 Å². The first-order chi connectivity index (χ1) is 15.8. The van der Waals surface area contributed by atoms with Gasteiger partial charge in [-0.3, -0.25) is 19.0 Å². The van der Waals surface area contributed by atoms with E-state index in [1.807, 2.05) is 6.07 Å². The molecule has 0 amide bonds. The topological polar surface area (TPSA) is 168 Å². The Labute approximate surface area is 188 Å². The van der Waals surface area contributed by atoms with Gasteiger partial charge in [0.25, 0.3) is 0 Å². The van der Waals surface area contributed by atoms with Gasteiger partial charge < -0.3 is 24.3 Å². The smallest absolute Gasteiger partial charge is 0.303 e. The van der Waals surface area contributed by atoms with Gasteiger partial charge in [-0.25, -0.2) is 4.98 Å². The van der Waals surface area contributed by atoms with E-state index in [1.54, 1.807) is 0 Å². The molecule has 2 aliphatic rings. The monoisotopic (exact) mass is 458 g/mol. The summed E-state index contributed by atoms with van der Waals surface area (Å²) in [7, 11) is 0. The molecule has 0 unspecified atom stereocenters. The Balaban J connectivity index is 1.76. The highest BCUT2D eigenvalue weighted by atomic mass is 16.7. The standard InChI is InChI=1S/C20H22N6O7/c1-9(27)30-7-13-16(31-10(2)28)17(32-11(3)29)20(33-13)26-8-22-15-18(23-12-4-5-12)24-14(6-21)25-19(15)26/h8,12-13,16-17,20H,4-5,7H2,1-3H3,(H,23,24,25)/t13-,16-,17-,20-/m1/s1. The lowest BCUT2D eigenvalue weighted by atomic mass is 10.1. The highest BCUT2D eigenvalue weighted by molar-refractivity contribution is 5.83. The summed E-state index contributed by atoms with van der Waals surface area (Å²) in [5.74, 6) is -1.49. The average Bonchev–Trinajstić information content (AvgIpc) is 3.37. The van der Waals surface area contributed by atoms with Gasteiger partial charge >= 0.3 is 17.9 Å². The summed E-state index contributed by atoms with van der Waals surface area (Å²) in [5.41, 5.74) is 0.667. The summed E-state index contributed by atoms with van der Waals surface area (Å²) >= 11 is 0. The van der Waals surface area contributed by atoms with Crippen LogP contribution in [0.2, 0.25) is 0 Å². The Morgan fingerprint density at radius 1 is 1.15 bits per heavy atom. The minimum Gasteiger partial charge on any atom is -0.463 e. The van der Waals surface area contributed by atoms with E-state index in [0.29, 0.717) is 11.3 Å². The van der Waals surface area contributed by atoms with Gasteiger partial charge in [-0.05, 0) is 12.8 Å². The third kappa shape index (κ3) is 4.85. The molecule has 1 N–H and O–H groups in total. The largest absolute Gasteiger partial charge is 0.463 e. The van der Waals surface area contributed by atoms with Crippen LogP contribution in [0.4, 0.5) is 5.82 Å². The van der Waals surface area contributed by atoms with Crippen molar-refractivity contribution in [3.63, 3.8) is 0 Å². The number of ether oxygens (including phenoxy) is 4. The zero-order valence-electron chi connectivity index (χ0n) is 18.2. The fraction of sp³-hybridized carbons (Fsp3) is 0.550. The molecule has 2 aromatic heterocycles. The van der Waals surface area contributed by atoms with E-state index in [0.717, 1.165) is 12.8 Å².